The normalized spacial score (nSPS) is 15.3. The highest BCUT2D eigenvalue weighted by Gasteiger charge is 2.31. The highest BCUT2D eigenvalue weighted by molar-refractivity contribution is 7.98. The molecule has 0 saturated carbocycles. The van der Waals surface area contributed by atoms with Crippen molar-refractivity contribution in [3.8, 4) is 5.75 Å². The first-order chi connectivity index (χ1) is 17.2. The molecule has 10 nitrogen and oxygen atoms in total. The lowest BCUT2D eigenvalue weighted by atomic mass is 10.2. The lowest BCUT2D eigenvalue weighted by Crippen LogP contribution is -2.55. The van der Waals surface area contributed by atoms with Crippen molar-refractivity contribution in [1.82, 2.24) is 14.2 Å². The number of anilines is 1. The summed E-state index contributed by atoms with van der Waals surface area (Å²) < 4.78 is 40.6. The number of nitrogens with one attached hydrogen (secondary N) is 1. The number of nitrogens with zero attached hydrogens (tertiary/aromatic N) is 3. The molecule has 0 spiro atoms. The monoisotopic (exact) mass is 534 g/mol. The second kappa shape index (κ2) is 11.0. The van der Waals surface area contributed by atoms with Gasteiger partial charge >= 0.3 is 5.76 Å². The molecule has 1 saturated heterocycles. The number of fused-ring (bicyclic) bond motifs is 1. The Bertz CT molecular complexity index is 1380. The van der Waals surface area contributed by atoms with E-state index < -0.39 is 21.8 Å². The molecule has 1 amide bonds. The van der Waals surface area contributed by atoms with E-state index in [1.807, 2.05) is 30.5 Å². The summed E-state index contributed by atoms with van der Waals surface area (Å²) in [5.74, 6) is 0.589. The van der Waals surface area contributed by atoms with Gasteiger partial charge in [0.15, 0.2) is 5.58 Å². The molecule has 1 N–H and O–H groups in total. The zero-order valence-electron chi connectivity index (χ0n) is 20.5. The maximum atomic E-state index is 13.4. The number of rotatable bonds is 9. The van der Waals surface area contributed by atoms with Crippen LogP contribution in [0, 0.1) is 0 Å². The molecule has 0 radical (unpaired) electrons. The van der Waals surface area contributed by atoms with E-state index in [0.29, 0.717) is 43.9 Å². The lowest BCUT2D eigenvalue weighted by molar-refractivity contribution is -0.133. The van der Waals surface area contributed by atoms with Gasteiger partial charge in [0.2, 0.25) is 15.9 Å². The minimum atomic E-state index is -4.03. The standard InChI is InChI=1S/C24H30N4O6S2/c1-26-21-9-8-19(16-22(21)34-24(26)30)36(31,32)25-20(10-15-35-3)23(29)28-13-11-27(12-14-28)17-4-6-18(33-2)7-5-17/h4-9,16,20,25H,10-15H2,1-3H3/t20-/m1/s1. The van der Waals surface area contributed by atoms with E-state index in [2.05, 4.69) is 9.62 Å². The Morgan fingerprint density at radius 3 is 2.47 bits per heavy atom. The van der Waals surface area contributed by atoms with E-state index in [0.717, 1.165) is 11.4 Å². The molecule has 1 aliphatic rings. The van der Waals surface area contributed by atoms with Crippen LogP contribution in [0.5, 0.6) is 5.75 Å². The third-order valence-electron chi connectivity index (χ3n) is 6.31. The highest BCUT2D eigenvalue weighted by Crippen LogP contribution is 2.22. The van der Waals surface area contributed by atoms with Crippen LogP contribution in [0.4, 0.5) is 5.69 Å². The largest absolute Gasteiger partial charge is 0.497 e. The molecule has 0 bridgehead atoms. The van der Waals surface area contributed by atoms with Gasteiger partial charge < -0.3 is 19.0 Å². The summed E-state index contributed by atoms with van der Waals surface area (Å²) in [7, 11) is -0.858. The first kappa shape index (κ1) is 26.1. The number of piperazine rings is 1. The molecule has 36 heavy (non-hydrogen) atoms. The molecule has 1 aromatic heterocycles. The molecule has 2 aromatic carbocycles. The van der Waals surface area contributed by atoms with Gasteiger partial charge in [0.1, 0.15) is 11.8 Å². The zero-order chi connectivity index (χ0) is 25.9. The van der Waals surface area contributed by atoms with Crippen LogP contribution in [0.1, 0.15) is 6.42 Å². The molecule has 1 atom stereocenters. The van der Waals surface area contributed by atoms with Gasteiger partial charge in [0.05, 0.1) is 17.5 Å². The van der Waals surface area contributed by atoms with E-state index in [-0.39, 0.29) is 16.4 Å². The van der Waals surface area contributed by atoms with Crippen molar-refractivity contribution in [1.29, 1.82) is 0 Å². The van der Waals surface area contributed by atoms with Crippen molar-refractivity contribution < 1.29 is 22.4 Å². The number of carbonyl (C=O) groups is 1. The van der Waals surface area contributed by atoms with Crippen LogP contribution in [0.3, 0.4) is 0 Å². The fraction of sp³-hybridized carbons (Fsp3) is 0.417. The molecule has 4 rings (SSSR count). The summed E-state index contributed by atoms with van der Waals surface area (Å²) in [4.78, 5) is 29.0. The molecule has 12 heteroatoms. The van der Waals surface area contributed by atoms with E-state index in [9.17, 15) is 18.0 Å². The van der Waals surface area contributed by atoms with Gasteiger partial charge in [-0.15, -0.1) is 0 Å². The van der Waals surface area contributed by atoms with Crippen molar-refractivity contribution in [3.05, 3.63) is 53.0 Å². The van der Waals surface area contributed by atoms with Crippen LogP contribution >= 0.6 is 11.8 Å². The van der Waals surface area contributed by atoms with Crippen LogP contribution in [0.2, 0.25) is 0 Å². The number of carbonyl (C=O) groups excluding carboxylic acids is 1. The Hall–Kier alpha value is -2.96. The van der Waals surface area contributed by atoms with Crippen molar-refractivity contribution in [2.24, 2.45) is 7.05 Å². The topological polar surface area (TPSA) is 114 Å². The molecule has 194 valence electrons. The zero-order valence-corrected chi connectivity index (χ0v) is 22.1. The van der Waals surface area contributed by atoms with Gasteiger partial charge in [0, 0.05) is 45.0 Å². The minimum Gasteiger partial charge on any atom is -0.497 e. The lowest BCUT2D eigenvalue weighted by Gasteiger charge is -2.37. The predicted octanol–water partition coefficient (Wildman–Crippen LogP) is 1.89. The number of hydrogen-bond acceptors (Lipinski definition) is 8. The smallest absolute Gasteiger partial charge is 0.419 e. The van der Waals surface area contributed by atoms with E-state index in [1.54, 1.807) is 30.8 Å². The Balaban J connectivity index is 1.46. The molecular weight excluding hydrogens is 504 g/mol. The minimum absolute atomic E-state index is 0.0596. The molecule has 0 unspecified atom stereocenters. The number of sulfonamides is 1. The van der Waals surface area contributed by atoms with Crippen molar-refractivity contribution >= 4 is 44.5 Å². The van der Waals surface area contributed by atoms with Crippen LogP contribution in [0.25, 0.3) is 11.1 Å². The Labute approximate surface area is 214 Å². The molecule has 3 aromatic rings. The van der Waals surface area contributed by atoms with Gasteiger partial charge in [-0.3, -0.25) is 9.36 Å². The second-order valence-corrected chi connectivity index (χ2v) is 11.2. The Morgan fingerprint density at radius 1 is 1.14 bits per heavy atom. The summed E-state index contributed by atoms with van der Waals surface area (Å²) in [5.41, 5.74) is 1.71. The second-order valence-electron chi connectivity index (χ2n) is 8.52. The molecule has 0 aliphatic carbocycles. The SMILES string of the molecule is COc1ccc(N2CCN(C(=O)[C@@H](CCSC)NS(=O)(=O)c3ccc4c(c3)oc(=O)n4C)CC2)cc1. The summed E-state index contributed by atoms with van der Waals surface area (Å²) >= 11 is 1.55. The highest BCUT2D eigenvalue weighted by atomic mass is 32.2. The third-order valence-corrected chi connectivity index (χ3v) is 8.42. The molecule has 1 fully saturated rings. The van der Waals surface area contributed by atoms with Crippen molar-refractivity contribution in [2.45, 2.75) is 17.4 Å². The maximum Gasteiger partial charge on any atom is 0.419 e. The molecule has 2 heterocycles. The summed E-state index contributed by atoms with van der Waals surface area (Å²) in [5, 5.41) is 0. The summed E-state index contributed by atoms with van der Waals surface area (Å²) in [6, 6.07) is 11.1. The van der Waals surface area contributed by atoms with Gasteiger partial charge in [-0.2, -0.15) is 16.5 Å². The summed E-state index contributed by atoms with van der Waals surface area (Å²) in [6.45, 7) is 2.26. The number of benzene rings is 2. The molecular formula is C24H30N4O6S2. The maximum absolute atomic E-state index is 13.4. The van der Waals surface area contributed by atoms with Crippen LogP contribution in [0.15, 0.2) is 56.6 Å². The van der Waals surface area contributed by atoms with E-state index >= 15 is 0 Å². The number of oxazole rings is 1. The number of hydrogen-bond donors (Lipinski definition) is 1. The van der Waals surface area contributed by atoms with E-state index in [4.69, 9.17) is 9.15 Å². The van der Waals surface area contributed by atoms with Crippen LogP contribution in [-0.4, -0.2) is 75.1 Å². The first-order valence-corrected chi connectivity index (χ1v) is 14.4. The average Bonchev–Trinajstić information content (AvgIpc) is 3.18. The van der Waals surface area contributed by atoms with Crippen molar-refractivity contribution in [2.75, 3.05) is 50.2 Å². The average molecular weight is 535 g/mol. The fourth-order valence-electron chi connectivity index (χ4n) is 4.20. The van der Waals surface area contributed by atoms with Gasteiger partial charge in [-0.1, -0.05) is 0 Å². The number of aromatic nitrogens is 1. The number of thioether (sulfide) groups is 1. The summed E-state index contributed by atoms with van der Waals surface area (Å²) in [6.07, 6.45) is 2.27. The fourth-order valence-corrected chi connectivity index (χ4v) is 5.91. The van der Waals surface area contributed by atoms with E-state index in [1.165, 1.54) is 22.8 Å². The molecule has 1 aliphatic heterocycles. The third kappa shape index (κ3) is 5.55. The van der Waals surface area contributed by atoms with Gasteiger partial charge in [0.25, 0.3) is 0 Å². The van der Waals surface area contributed by atoms with Gasteiger partial charge in [-0.25, -0.2) is 13.2 Å². The number of ether oxygens (including phenoxy) is 1. The number of aryl methyl sites for hydroxylation is 1. The van der Waals surface area contributed by atoms with Gasteiger partial charge in [-0.05, 0) is 54.8 Å². The number of methoxy groups -OCH3 is 1. The number of amides is 1. The van der Waals surface area contributed by atoms with Crippen molar-refractivity contribution in [3.63, 3.8) is 0 Å². The van der Waals surface area contributed by atoms with Crippen LogP contribution in [-0.2, 0) is 21.9 Å². The Kier molecular flexibility index (Phi) is 7.96. The van der Waals surface area contributed by atoms with Crippen LogP contribution < -0.4 is 20.1 Å². The quantitative estimate of drug-likeness (QED) is 0.443. The first-order valence-electron chi connectivity index (χ1n) is 11.5. The Morgan fingerprint density at radius 2 is 1.83 bits per heavy atom. The predicted molar refractivity (Wildman–Crippen MR) is 140 cm³/mol.